The molecule has 2 aromatic rings. The molecule has 0 aliphatic carbocycles. The lowest BCUT2D eigenvalue weighted by Gasteiger charge is -2.17. The third-order valence-corrected chi connectivity index (χ3v) is 4.05. The Labute approximate surface area is 136 Å². The first-order chi connectivity index (χ1) is 10.6. The highest BCUT2D eigenvalue weighted by Gasteiger charge is 2.02. The van der Waals surface area contributed by atoms with Gasteiger partial charge in [-0.1, -0.05) is 68.4 Å². The minimum absolute atomic E-state index is 0.811. The van der Waals surface area contributed by atoms with Crippen LogP contribution in [-0.2, 0) is 13.0 Å². The molecule has 0 aliphatic rings. The van der Waals surface area contributed by atoms with Gasteiger partial charge in [-0.25, -0.2) is 0 Å². The lowest BCUT2D eigenvalue weighted by molar-refractivity contribution is 0.310. The number of nitrogens with zero attached hydrogens (tertiary/aromatic N) is 1. The SMILES string of the molecule is CC(C)CCCN(C)Cc1ccc(Cc2ccccc2)cc1. The first-order valence-corrected chi connectivity index (χ1v) is 8.44. The van der Waals surface area contributed by atoms with Crippen molar-refractivity contribution in [2.75, 3.05) is 13.6 Å². The maximum Gasteiger partial charge on any atom is 0.0230 e. The first kappa shape index (κ1) is 16.8. The standard InChI is InChI=1S/C21H29N/c1-18(2)8-7-15-22(3)17-21-13-11-20(12-14-21)16-19-9-5-4-6-10-19/h4-6,9-14,18H,7-8,15-17H2,1-3H3. The average molecular weight is 295 g/mol. The Morgan fingerprint density at radius 2 is 1.41 bits per heavy atom. The maximum absolute atomic E-state index is 2.43. The molecule has 0 amide bonds. The Morgan fingerprint density at radius 3 is 2.05 bits per heavy atom. The van der Waals surface area contributed by atoms with E-state index in [1.165, 1.54) is 36.1 Å². The van der Waals surface area contributed by atoms with E-state index in [4.69, 9.17) is 0 Å². The second-order valence-electron chi connectivity index (χ2n) is 6.75. The molecule has 0 fully saturated rings. The fourth-order valence-electron chi connectivity index (χ4n) is 2.75. The van der Waals surface area contributed by atoms with E-state index < -0.39 is 0 Å². The number of hydrogen-bond acceptors (Lipinski definition) is 1. The van der Waals surface area contributed by atoms with Crippen LogP contribution >= 0.6 is 0 Å². The van der Waals surface area contributed by atoms with Gasteiger partial charge in [-0.2, -0.15) is 0 Å². The number of rotatable bonds is 8. The molecule has 0 aromatic heterocycles. The van der Waals surface area contributed by atoms with E-state index in [2.05, 4.69) is 80.4 Å². The highest BCUT2D eigenvalue weighted by Crippen LogP contribution is 2.12. The fraction of sp³-hybridized carbons (Fsp3) is 0.429. The lowest BCUT2D eigenvalue weighted by atomic mass is 10.0. The van der Waals surface area contributed by atoms with Crippen LogP contribution in [0, 0.1) is 5.92 Å². The topological polar surface area (TPSA) is 3.24 Å². The van der Waals surface area contributed by atoms with E-state index in [0.717, 1.165) is 18.9 Å². The summed E-state index contributed by atoms with van der Waals surface area (Å²) in [5, 5.41) is 0. The van der Waals surface area contributed by atoms with Crippen LogP contribution in [0.5, 0.6) is 0 Å². The molecule has 0 N–H and O–H groups in total. The summed E-state index contributed by atoms with van der Waals surface area (Å²) < 4.78 is 0. The molecule has 0 atom stereocenters. The summed E-state index contributed by atoms with van der Waals surface area (Å²) >= 11 is 0. The van der Waals surface area contributed by atoms with Crippen molar-refractivity contribution in [1.82, 2.24) is 4.90 Å². The summed E-state index contributed by atoms with van der Waals surface area (Å²) in [5.74, 6) is 0.811. The van der Waals surface area contributed by atoms with Gasteiger partial charge in [0.15, 0.2) is 0 Å². The van der Waals surface area contributed by atoms with Gasteiger partial charge < -0.3 is 4.90 Å². The van der Waals surface area contributed by atoms with Crippen molar-refractivity contribution in [2.24, 2.45) is 5.92 Å². The van der Waals surface area contributed by atoms with Crippen molar-refractivity contribution in [3.05, 3.63) is 71.3 Å². The second kappa shape index (κ2) is 8.75. The zero-order valence-electron chi connectivity index (χ0n) is 14.3. The smallest absolute Gasteiger partial charge is 0.0230 e. The molecule has 22 heavy (non-hydrogen) atoms. The van der Waals surface area contributed by atoms with Crippen LogP contribution < -0.4 is 0 Å². The van der Waals surface area contributed by atoms with Gasteiger partial charge in [0.05, 0.1) is 0 Å². The van der Waals surface area contributed by atoms with Crippen LogP contribution in [0.3, 0.4) is 0 Å². The molecule has 0 saturated heterocycles. The zero-order chi connectivity index (χ0) is 15.8. The number of hydrogen-bond donors (Lipinski definition) is 0. The van der Waals surface area contributed by atoms with Crippen LogP contribution in [0.15, 0.2) is 54.6 Å². The monoisotopic (exact) mass is 295 g/mol. The van der Waals surface area contributed by atoms with Crippen LogP contribution in [0.4, 0.5) is 0 Å². The van der Waals surface area contributed by atoms with E-state index >= 15 is 0 Å². The summed E-state index contributed by atoms with van der Waals surface area (Å²) in [5.41, 5.74) is 4.17. The Hall–Kier alpha value is -1.60. The molecule has 2 aromatic carbocycles. The van der Waals surface area contributed by atoms with Gasteiger partial charge in [0.1, 0.15) is 0 Å². The Morgan fingerprint density at radius 1 is 0.818 bits per heavy atom. The van der Waals surface area contributed by atoms with Gasteiger partial charge >= 0.3 is 0 Å². The van der Waals surface area contributed by atoms with Crippen molar-refractivity contribution < 1.29 is 0 Å². The second-order valence-corrected chi connectivity index (χ2v) is 6.75. The van der Waals surface area contributed by atoms with Crippen molar-refractivity contribution in [3.63, 3.8) is 0 Å². The van der Waals surface area contributed by atoms with E-state index in [1.807, 2.05) is 0 Å². The van der Waals surface area contributed by atoms with Crippen LogP contribution in [0.2, 0.25) is 0 Å². The zero-order valence-corrected chi connectivity index (χ0v) is 14.3. The summed E-state index contributed by atoms with van der Waals surface area (Å²) in [4.78, 5) is 2.43. The number of benzene rings is 2. The van der Waals surface area contributed by atoms with Crippen molar-refractivity contribution in [2.45, 2.75) is 39.7 Å². The van der Waals surface area contributed by atoms with E-state index in [1.54, 1.807) is 0 Å². The van der Waals surface area contributed by atoms with Gasteiger partial charge in [-0.3, -0.25) is 0 Å². The van der Waals surface area contributed by atoms with Crippen LogP contribution in [0.1, 0.15) is 43.4 Å². The van der Waals surface area contributed by atoms with Gasteiger partial charge in [0.2, 0.25) is 0 Å². The Bertz CT molecular complexity index is 528. The highest BCUT2D eigenvalue weighted by molar-refractivity contribution is 5.28. The first-order valence-electron chi connectivity index (χ1n) is 8.44. The molecule has 118 valence electrons. The van der Waals surface area contributed by atoms with Crippen molar-refractivity contribution in [1.29, 1.82) is 0 Å². The predicted octanol–water partition coefficient (Wildman–Crippen LogP) is 5.15. The maximum atomic E-state index is 2.43. The largest absolute Gasteiger partial charge is 0.302 e. The molecule has 0 bridgehead atoms. The fourth-order valence-corrected chi connectivity index (χ4v) is 2.75. The van der Waals surface area contributed by atoms with E-state index in [9.17, 15) is 0 Å². The quantitative estimate of drug-likeness (QED) is 0.651. The molecule has 0 saturated carbocycles. The highest BCUT2D eigenvalue weighted by atomic mass is 15.1. The van der Waals surface area contributed by atoms with Gasteiger partial charge in [-0.15, -0.1) is 0 Å². The van der Waals surface area contributed by atoms with Crippen LogP contribution in [-0.4, -0.2) is 18.5 Å². The summed E-state index contributed by atoms with van der Waals surface area (Å²) in [6, 6.07) is 19.8. The molecule has 1 nitrogen and oxygen atoms in total. The molecule has 0 spiro atoms. The van der Waals surface area contributed by atoms with Crippen molar-refractivity contribution >= 4 is 0 Å². The molecule has 0 radical (unpaired) electrons. The van der Waals surface area contributed by atoms with Gasteiger partial charge in [0.25, 0.3) is 0 Å². The van der Waals surface area contributed by atoms with E-state index in [-0.39, 0.29) is 0 Å². The van der Waals surface area contributed by atoms with Gasteiger partial charge in [-0.05, 0) is 55.5 Å². The normalized spacial score (nSPS) is 11.3. The molecule has 0 heterocycles. The minimum Gasteiger partial charge on any atom is -0.302 e. The summed E-state index contributed by atoms with van der Waals surface area (Å²) in [6.07, 6.45) is 3.63. The Balaban J connectivity index is 1.81. The van der Waals surface area contributed by atoms with Gasteiger partial charge in [0, 0.05) is 6.54 Å². The third-order valence-electron chi connectivity index (χ3n) is 4.05. The van der Waals surface area contributed by atoms with Crippen LogP contribution in [0.25, 0.3) is 0 Å². The van der Waals surface area contributed by atoms with E-state index in [0.29, 0.717) is 0 Å². The molecule has 1 heteroatoms. The van der Waals surface area contributed by atoms with Crippen molar-refractivity contribution in [3.8, 4) is 0 Å². The predicted molar refractivity (Wildman–Crippen MR) is 96.1 cm³/mol. The summed E-state index contributed by atoms with van der Waals surface area (Å²) in [7, 11) is 2.22. The third kappa shape index (κ3) is 6.03. The lowest BCUT2D eigenvalue weighted by Crippen LogP contribution is -2.19. The molecule has 2 rings (SSSR count). The minimum atomic E-state index is 0.811. The molecular formula is C21H29N. The molecule has 0 unspecified atom stereocenters. The summed E-state index contributed by atoms with van der Waals surface area (Å²) in [6.45, 7) is 6.82. The molecular weight excluding hydrogens is 266 g/mol. The Kier molecular flexibility index (Phi) is 6.67. The average Bonchev–Trinajstić information content (AvgIpc) is 2.50. The molecule has 0 aliphatic heterocycles.